The molecule has 1 amide bonds. The van der Waals surface area contributed by atoms with E-state index in [9.17, 15) is 4.79 Å². The number of hydrogen-bond donors (Lipinski definition) is 1. The van der Waals surface area contributed by atoms with Gasteiger partial charge in [0.1, 0.15) is 6.42 Å². The van der Waals surface area contributed by atoms with Gasteiger partial charge in [-0.1, -0.05) is 45.0 Å². The number of amides is 1. The Morgan fingerprint density at radius 3 is 2.44 bits per heavy atom. The van der Waals surface area contributed by atoms with Gasteiger partial charge < -0.3 is 5.32 Å². The Labute approximate surface area is 109 Å². The van der Waals surface area contributed by atoms with Crippen LogP contribution in [0.1, 0.15) is 38.3 Å². The fourth-order valence-corrected chi connectivity index (χ4v) is 1.75. The molecule has 96 valence electrons. The highest BCUT2D eigenvalue weighted by Crippen LogP contribution is 2.22. The standard InChI is InChI=1S/C15H20N2O/c1-4-12-5-7-13(8-6-12)15(2,3)11-17-14(18)9-10-16/h5-8H,4,9,11H2,1-3H3,(H,17,18). The molecule has 1 aromatic carbocycles. The van der Waals surface area contributed by atoms with E-state index in [0.717, 1.165) is 6.42 Å². The lowest BCUT2D eigenvalue weighted by molar-refractivity contribution is -0.120. The number of nitriles is 1. The zero-order valence-corrected chi connectivity index (χ0v) is 11.3. The smallest absolute Gasteiger partial charge is 0.234 e. The molecular formula is C15H20N2O. The molecule has 1 N–H and O–H groups in total. The van der Waals surface area contributed by atoms with Crippen molar-refractivity contribution in [3.05, 3.63) is 35.4 Å². The van der Waals surface area contributed by atoms with Gasteiger partial charge in [0, 0.05) is 12.0 Å². The van der Waals surface area contributed by atoms with E-state index < -0.39 is 0 Å². The maximum Gasteiger partial charge on any atom is 0.234 e. The van der Waals surface area contributed by atoms with Crippen LogP contribution in [0.15, 0.2) is 24.3 Å². The Kier molecular flexibility index (Phi) is 4.91. The van der Waals surface area contributed by atoms with E-state index in [2.05, 4.69) is 50.4 Å². The molecule has 0 saturated carbocycles. The summed E-state index contributed by atoms with van der Waals surface area (Å²) in [6, 6.07) is 10.3. The second-order valence-corrected chi connectivity index (χ2v) is 5.05. The molecule has 3 heteroatoms. The normalized spacial score (nSPS) is 10.8. The molecule has 0 aliphatic rings. The summed E-state index contributed by atoms with van der Waals surface area (Å²) in [4.78, 5) is 11.3. The zero-order valence-electron chi connectivity index (χ0n) is 11.3. The van der Waals surface area contributed by atoms with Crippen LogP contribution in [-0.4, -0.2) is 12.5 Å². The van der Waals surface area contributed by atoms with Crippen molar-refractivity contribution in [2.45, 2.75) is 39.0 Å². The highest BCUT2D eigenvalue weighted by atomic mass is 16.1. The summed E-state index contributed by atoms with van der Waals surface area (Å²) in [5, 5.41) is 11.2. The second kappa shape index (κ2) is 6.20. The molecule has 0 aliphatic carbocycles. The van der Waals surface area contributed by atoms with Crippen LogP contribution < -0.4 is 5.32 Å². The largest absolute Gasteiger partial charge is 0.354 e. The van der Waals surface area contributed by atoms with Gasteiger partial charge in [-0.05, 0) is 17.5 Å². The molecule has 0 radical (unpaired) electrons. The van der Waals surface area contributed by atoms with E-state index >= 15 is 0 Å². The Bertz CT molecular complexity index is 441. The number of nitrogens with one attached hydrogen (secondary N) is 1. The van der Waals surface area contributed by atoms with Crippen molar-refractivity contribution in [3.8, 4) is 6.07 Å². The summed E-state index contributed by atoms with van der Waals surface area (Å²) in [6.45, 7) is 6.84. The van der Waals surface area contributed by atoms with Crippen LogP contribution in [0.3, 0.4) is 0 Å². The van der Waals surface area contributed by atoms with Gasteiger partial charge in [0.15, 0.2) is 0 Å². The molecule has 0 fully saturated rings. The van der Waals surface area contributed by atoms with E-state index in [4.69, 9.17) is 5.26 Å². The summed E-state index contributed by atoms with van der Waals surface area (Å²) in [5.41, 5.74) is 2.37. The number of nitrogens with zero attached hydrogens (tertiary/aromatic N) is 1. The van der Waals surface area contributed by atoms with Crippen LogP contribution in [0.25, 0.3) is 0 Å². The van der Waals surface area contributed by atoms with Crippen LogP contribution >= 0.6 is 0 Å². The Morgan fingerprint density at radius 2 is 1.94 bits per heavy atom. The zero-order chi connectivity index (χ0) is 13.6. The summed E-state index contributed by atoms with van der Waals surface area (Å²) in [5.74, 6) is -0.212. The molecule has 0 unspecified atom stereocenters. The third kappa shape index (κ3) is 3.89. The average molecular weight is 244 g/mol. The minimum atomic E-state index is -0.212. The van der Waals surface area contributed by atoms with Gasteiger partial charge in [-0.2, -0.15) is 5.26 Å². The summed E-state index contributed by atoms with van der Waals surface area (Å²) in [7, 11) is 0. The monoisotopic (exact) mass is 244 g/mol. The summed E-state index contributed by atoms with van der Waals surface area (Å²) >= 11 is 0. The third-order valence-corrected chi connectivity index (χ3v) is 3.11. The fourth-order valence-electron chi connectivity index (χ4n) is 1.75. The van der Waals surface area contributed by atoms with Crippen LogP contribution in [0, 0.1) is 11.3 Å². The minimum absolute atomic E-state index is 0.0785. The van der Waals surface area contributed by atoms with E-state index in [0.29, 0.717) is 6.54 Å². The third-order valence-electron chi connectivity index (χ3n) is 3.11. The maximum absolute atomic E-state index is 11.3. The lowest BCUT2D eigenvalue weighted by Crippen LogP contribution is -2.36. The number of benzene rings is 1. The molecule has 0 saturated heterocycles. The first kappa shape index (κ1) is 14.2. The quantitative estimate of drug-likeness (QED) is 0.865. The molecule has 0 aliphatic heterocycles. The van der Waals surface area contributed by atoms with Gasteiger partial charge in [0.25, 0.3) is 0 Å². The summed E-state index contributed by atoms with van der Waals surface area (Å²) < 4.78 is 0. The molecule has 0 spiro atoms. The first-order chi connectivity index (χ1) is 8.49. The van der Waals surface area contributed by atoms with Gasteiger partial charge in [0.05, 0.1) is 6.07 Å². The number of carbonyl (C=O) groups excluding carboxylic acids is 1. The molecule has 3 nitrogen and oxygen atoms in total. The lowest BCUT2D eigenvalue weighted by atomic mass is 9.84. The van der Waals surface area contributed by atoms with Crippen LogP contribution in [0.2, 0.25) is 0 Å². The van der Waals surface area contributed by atoms with Crippen LogP contribution in [0.4, 0.5) is 0 Å². The number of hydrogen-bond acceptors (Lipinski definition) is 2. The van der Waals surface area contributed by atoms with Gasteiger partial charge in [-0.25, -0.2) is 0 Å². The molecule has 1 aromatic rings. The molecule has 0 bridgehead atoms. The number of rotatable bonds is 5. The minimum Gasteiger partial charge on any atom is -0.354 e. The Balaban J connectivity index is 2.67. The predicted molar refractivity (Wildman–Crippen MR) is 72.1 cm³/mol. The van der Waals surface area contributed by atoms with Gasteiger partial charge in [-0.15, -0.1) is 0 Å². The fraction of sp³-hybridized carbons (Fsp3) is 0.467. The van der Waals surface area contributed by atoms with Crippen molar-refractivity contribution in [2.75, 3.05) is 6.54 Å². The second-order valence-electron chi connectivity index (χ2n) is 5.05. The van der Waals surface area contributed by atoms with Crippen molar-refractivity contribution < 1.29 is 4.79 Å². The van der Waals surface area contributed by atoms with Crippen LogP contribution in [-0.2, 0) is 16.6 Å². The van der Waals surface area contributed by atoms with E-state index in [1.165, 1.54) is 11.1 Å². The maximum atomic E-state index is 11.3. The predicted octanol–water partition coefficient (Wildman–Crippen LogP) is 2.56. The number of carbonyl (C=O) groups is 1. The molecule has 0 atom stereocenters. The lowest BCUT2D eigenvalue weighted by Gasteiger charge is -2.25. The van der Waals surface area contributed by atoms with Gasteiger partial charge in [-0.3, -0.25) is 4.79 Å². The molecule has 0 aromatic heterocycles. The summed E-state index contributed by atoms with van der Waals surface area (Å²) in [6.07, 6.45) is 0.949. The van der Waals surface area contributed by atoms with Crippen molar-refractivity contribution >= 4 is 5.91 Å². The molecule has 0 heterocycles. The van der Waals surface area contributed by atoms with Crippen molar-refractivity contribution in [1.29, 1.82) is 5.26 Å². The Morgan fingerprint density at radius 1 is 1.33 bits per heavy atom. The van der Waals surface area contributed by atoms with E-state index in [-0.39, 0.29) is 17.7 Å². The van der Waals surface area contributed by atoms with Crippen molar-refractivity contribution in [3.63, 3.8) is 0 Å². The highest BCUT2D eigenvalue weighted by Gasteiger charge is 2.21. The molecule has 18 heavy (non-hydrogen) atoms. The van der Waals surface area contributed by atoms with Crippen molar-refractivity contribution in [2.24, 2.45) is 0 Å². The van der Waals surface area contributed by atoms with Gasteiger partial charge in [0.2, 0.25) is 5.91 Å². The highest BCUT2D eigenvalue weighted by molar-refractivity contribution is 5.78. The number of aryl methyl sites for hydroxylation is 1. The Hall–Kier alpha value is -1.82. The average Bonchev–Trinajstić information content (AvgIpc) is 2.37. The van der Waals surface area contributed by atoms with Gasteiger partial charge >= 0.3 is 0 Å². The molecule has 1 rings (SSSR count). The van der Waals surface area contributed by atoms with E-state index in [1.807, 2.05) is 6.07 Å². The van der Waals surface area contributed by atoms with Crippen molar-refractivity contribution in [1.82, 2.24) is 5.32 Å². The van der Waals surface area contributed by atoms with E-state index in [1.54, 1.807) is 0 Å². The van der Waals surface area contributed by atoms with Crippen LogP contribution in [0.5, 0.6) is 0 Å². The molecular weight excluding hydrogens is 224 g/mol. The first-order valence-electron chi connectivity index (χ1n) is 6.22. The first-order valence-corrected chi connectivity index (χ1v) is 6.22. The SMILES string of the molecule is CCc1ccc(C(C)(C)CNC(=O)CC#N)cc1. The topological polar surface area (TPSA) is 52.9 Å².